The lowest BCUT2D eigenvalue weighted by molar-refractivity contribution is -0.136. The minimum Gasteiger partial charge on any atom is -0.378 e. The average molecular weight is 281 g/mol. The Bertz CT molecular complexity index is 676. The molecule has 1 heterocycles. The first-order valence-corrected chi connectivity index (χ1v) is 7.68. The molecule has 2 atom stereocenters. The van der Waals surface area contributed by atoms with Gasteiger partial charge in [-0.1, -0.05) is 42.5 Å². The van der Waals surface area contributed by atoms with E-state index in [0.717, 1.165) is 19.5 Å². The number of benzene rings is 2. The zero-order valence-corrected chi connectivity index (χ0v) is 12.0. The fourth-order valence-corrected chi connectivity index (χ4v) is 3.29. The molecular formula is C18H19NO2. The fourth-order valence-electron chi connectivity index (χ4n) is 3.29. The fraction of sp³-hybridized carbons (Fsp3) is 0.389. The van der Waals surface area contributed by atoms with Crippen molar-refractivity contribution in [1.82, 2.24) is 4.90 Å². The molecule has 3 heteroatoms. The zero-order chi connectivity index (χ0) is 14.2. The molecule has 2 aromatic rings. The van der Waals surface area contributed by atoms with Crippen molar-refractivity contribution in [3.63, 3.8) is 0 Å². The first-order chi connectivity index (χ1) is 10.3. The van der Waals surface area contributed by atoms with Gasteiger partial charge in [0.25, 0.3) is 0 Å². The average Bonchev–Trinajstić information content (AvgIpc) is 3.35. The van der Waals surface area contributed by atoms with Crippen LogP contribution in [-0.4, -0.2) is 37.1 Å². The number of amides is 1. The quantitative estimate of drug-likeness (QED) is 0.847. The molecule has 1 aliphatic heterocycles. The number of carbonyl (C=O) groups excluding carboxylic acids is 1. The third-order valence-electron chi connectivity index (χ3n) is 4.63. The van der Waals surface area contributed by atoms with E-state index in [9.17, 15) is 4.79 Å². The molecule has 2 aliphatic rings. The molecule has 0 bridgehead atoms. The highest BCUT2D eigenvalue weighted by molar-refractivity contribution is 5.86. The second kappa shape index (κ2) is 5.15. The molecule has 2 aromatic carbocycles. The SMILES string of the molecule is O=C(C1CC1c1ccc2ccccc2c1)N1CCOCC1. The van der Waals surface area contributed by atoms with Crippen LogP contribution in [0.3, 0.4) is 0 Å². The maximum atomic E-state index is 12.5. The molecule has 1 saturated carbocycles. The number of hydrogen-bond donors (Lipinski definition) is 0. The van der Waals surface area contributed by atoms with Gasteiger partial charge in [0.05, 0.1) is 13.2 Å². The summed E-state index contributed by atoms with van der Waals surface area (Å²) < 4.78 is 5.32. The third kappa shape index (κ3) is 2.42. The minimum atomic E-state index is 0.185. The van der Waals surface area contributed by atoms with E-state index in [4.69, 9.17) is 4.74 Å². The summed E-state index contributed by atoms with van der Waals surface area (Å²) in [5.74, 6) is 0.908. The molecule has 1 saturated heterocycles. The van der Waals surface area contributed by atoms with Crippen LogP contribution in [0.15, 0.2) is 42.5 Å². The highest BCUT2D eigenvalue weighted by Gasteiger charge is 2.45. The molecule has 108 valence electrons. The van der Waals surface area contributed by atoms with Gasteiger partial charge in [-0.2, -0.15) is 0 Å². The summed E-state index contributed by atoms with van der Waals surface area (Å²) in [6.07, 6.45) is 0.995. The summed E-state index contributed by atoms with van der Waals surface area (Å²) >= 11 is 0. The van der Waals surface area contributed by atoms with Crippen LogP contribution in [0.4, 0.5) is 0 Å². The van der Waals surface area contributed by atoms with Crippen LogP contribution in [0.1, 0.15) is 17.9 Å². The summed E-state index contributed by atoms with van der Waals surface area (Å²) in [7, 11) is 0. The lowest BCUT2D eigenvalue weighted by atomic mass is 10.0. The van der Waals surface area contributed by atoms with Crippen LogP contribution in [0.2, 0.25) is 0 Å². The highest BCUT2D eigenvalue weighted by Crippen LogP contribution is 2.49. The van der Waals surface area contributed by atoms with Gasteiger partial charge in [-0.25, -0.2) is 0 Å². The number of morpholine rings is 1. The normalized spacial score (nSPS) is 25.0. The van der Waals surface area contributed by atoms with Crippen LogP contribution in [-0.2, 0) is 9.53 Å². The summed E-state index contributed by atoms with van der Waals surface area (Å²) in [6, 6.07) is 15.0. The van der Waals surface area contributed by atoms with Crippen molar-refractivity contribution in [2.45, 2.75) is 12.3 Å². The molecule has 21 heavy (non-hydrogen) atoms. The zero-order valence-electron chi connectivity index (χ0n) is 12.0. The summed E-state index contributed by atoms with van der Waals surface area (Å²) in [5, 5.41) is 2.53. The topological polar surface area (TPSA) is 29.5 Å². The van der Waals surface area contributed by atoms with Gasteiger partial charge in [0.2, 0.25) is 5.91 Å². The number of nitrogens with zero attached hydrogens (tertiary/aromatic N) is 1. The molecular weight excluding hydrogens is 262 g/mol. The summed E-state index contributed by atoms with van der Waals surface area (Å²) in [4.78, 5) is 14.4. The molecule has 1 aliphatic carbocycles. The van der Waals surface area contributed by atoms with Crippen molar-refractivity contribution >= 4 is 16.7 Å². The number of carbonyl (C=O) groups is 1. The number of fused-ring (bicyclic) bond motifs is 1. The highest BCUT2D eigenvalue weighted by atomic mass is 16.5. The van der Waals surface area contributed by atoms with Gasteiger partial charge in [-0.05, 0) is 28.7 Å². The molecule has 1 amide bonds. The smallest absolute Gasteiger partial charge is 0.226 e. The van der Waals surface area contributed by atoms with E-state index < -0.39 is 0 Å². The van der Waals surface area contributed by atoms with Gasteiger partial charge >= 0.3 is 0 Å². The van der Waals surface area contributed by atoms with E-state index in [0.29, 0.717) is 25.0 Å². The standard InChI is InChI=1S/C18H19NO2/c20-18(19-7-9-21-10-8-19)17-12-16(17)15-6-5-13-3-1-2-4-14(13)11-15/h1-6,11,16-17H,7-10,12H2. The van der Waals surface area contributed by atoms with E-state index in [1.54, 1.807) is 0 Å². The molecule has 2 unspecified atom stereocenters. The van der Waals surface area contributed by atoms with Gasteiger partial charge in [0, 0.05) is 19.0 Å². The second-order valence-electron chi connectivity index (χ2n) is 5.99. The predicted molar refractivity (Wildman–Crippen MR) is 82.2 cm³/mol. The Labute approximate surface area is 124 Å². The van der Waals surface area contributed by atoms with Crippen molar-refractivity contribution in [3.05, 3.63) is 48.0 Å². The van der Waals surface area contributed by atoms with E-state index in [1.165, 1.54) is 16.3 Å². The van der Waals surface area contributed by atoms with Crippen molar-refractivity contribution in [1.29, 1.82) is 0 Å². The van der Waals surface area contributed by atoms with Gasteiger partial charge < -0.3 is 9.64 Å². The minimum absolute atomic E-state index is 0.185. The molecule has 0 N–H and O–H groups in total. The molecule has 0 spiro atoms. The first kappa shape index (κ1) is 12.8. The van der Waals surface area contributed by atoms with Crippen LogP contribution < -0.4 is 0 Å². The van der Waals surface area contributed by atoms with Gasteiger partial charge in [-0.3, -0.25) is 4.79 Å². The number of hydrogen-bond acceptors (Lipinski definition) is 2. The summed E-state index contributed by atoms with van der Waals surface area (Å²) in [6.45, 7) is 2.86. The van der Waals surface area contributed by atoms with Gasteiger partial charge in [-0.15, -0.1) is 0 Å². The van der Waals surface area contributed by atoms with Crippen molar-refractivity contribution < 1.29 is 9.53 Å². The molecule has 0 radical (unpaired) electrons. The maximum Gasteiger partial charge on any atom is 0.226 e. The molecule has 0 aromatic heterocycles. The monoisotopic (exact) mass is 281 g/mol. The van der Waals surface area contributed by atoms with Gasteiger partial charge in [0.15, 0.2) is 0 Å². The largest absolute Gasteiger partial charge is 0.378 e. The van der Waals surface area contributed by atoms with Crippen LogP contribution >= 0.6 is 0 Å². The van der Waals surface area contributed by atoms with E-state index in [1.807, 2.05) is 4.90 Å². The van der Waals surface area contributed by atoms with Gasteiger partial charge in [0.1, 0.15) is 0 Å². The molecule has 4 rings (SSSR count). The Morgan fingerprint density at radius 3 is 2.62 bits per heavy atom. The van der Waals surface area contributed by atoms with Crippen LogP contribution in [0.25, 0.3) is 10.8 Å². The maximum absolute atomic E-state index is 12.5. The predicted octanol–water partition coefficient (Wildman–Crippen LogP) is 2.80. The van der Waals surface area contributed by atoms with E-state index >= 15 is 0 Å². The lowest BCUT2D eigenvalue weighted by Crippen LogP contribution is -2.41. The Kier molecular flexibility index (Phi) is 3.15. The van der Waals surface area contributed by atoms with Crippen molar-refractivity contribution in [3.8, 4) is 0 Å². The van der Waals surface area contributed by atoms with E-state index in [-0.39, 0.29) is 5.92 Å². The Balaban J connectivity index is 1.51. The Morgan fingerprint density at radius 1 is 1.05 bits per heavy atom. The number of ether oxygens (including phenoxy) is 1. The molecule has 3 nitrogen and oxygen atoms in total. The number of rotatable bonds is 2. The second-order valence-corrected chi connectivity index (χ2v) is 5.99. The summed E-state index contributed by atoms with van der Waals surface area (Å²) in [5.41, 5.74) is 1.31. The van der Waals surface area contributed by atoms with Crippen LogP contribution in [0, 0.1) is 5.92 Å². The van der Waals surface area contributed by atoms with Crippen LogP contribution in [0.5, 0.6) is 0 Å². The lowest BCUT2D eigenvalue weighted by Gasteiger charge is -2.27. The Hall–Kier alpha value is -1.87. The van der Waals surface area contributed by atoms with Crippen molar-refractivity contribution in [2.75, 3.05) is 26.3 Å². The van der Waals surface area contributed by atoms with E-state index in [2.05, 4.69) is 42.5 Å². The first-order valence-electron chi connectivity index (χ1n) is 7.68. The Morgan fingerprint density at radius 2 is 1.81 bits per heavy atom. The third-order valence-corrected chi connectivity index (χ3v) is 4.63. The van der Waals surface area contributed by atoms with Crippen molar-refractivity contribution in [2.24, 2.45) is 5.92 Å². The molecule has 2 fully saturated rings.